The number of anilines is 4. The summed E-state index contributed by atoms with van der Waals surface area (Å²) < 4.78 is 13.7. The van der Waals surface area contributed by atoms with Crippen LogP contribution in [0.25, 0.3) is 0 Å². The van der Waals surface area contributed by atoms with Gasteiger partial charge in [-0.25, -0.2) is 9.37 Å². The van der Waals surface area contributed by atoms with Gasteiger partial charge in [0.15, 0.2) is 0 Å². The molecule has 1 aliphatic heterocycles. The molecule has 0 atom stereocenters. The van der Waals surface area contributed by atoms with Gasteiger partial charge < -0.3 is 21.3 Å². The summed E-state index contributed by atoms with van der Waals surface area (Å²) in [5.74, 6) is 0.117. The van der Waals surface area contributed by atoms with Crippen LogP contribution in [0.4, 0.5) is 27.5 Å². The van der Waals surface area contributed by atoms with Crippen molar-refractivity contribution in [1.82, 2.24) is 20.6 Å². The van der Waals surface area contributed by atoms with E-state index in [1.807, 2.05) is 19.9 Å². The molecule has 8 heteroatoms. The zero-order chi connectivity index (χ0) is 24.5. The van der Waals surface area contributed by atoms with E-state index in [1.165, 1.54) is 23.4 Å². The van der Waals surface area contributed by atoms with Crippen molar-refractivity contribution in [2.24, 2.45) is 0 Å². The summed E-state index contributed by atoms with van der Waals surface area (Å²) in [4.78, 5) is 21.7. The first kappa shape index (κ1) is 23.6. The molecule has 34 heavy (non-hydrogen) atoms. The molecule has 3 aromatic rings. The highest BCUT2D eigenvalue weighted by atomic mass is 19.1. The Kier molecular flexibility index (Phi) is 6.52. The number of halogens is 1. The number of fused-ring (bicyclic) bond motifs is 1. The Morgan fingerprint density at radius 1 is 1.12 bits per heavy atom. The van der Waals surface area contributed by atoms with E-state index < -0.39 is 0 Å². The number of aryl methyl sites for hydroxylation is 1. The van der Waals surface area contributed by atoms with Crippen molar-refractivity contribution in [3.8, 4) is 0 Å². The molecule has 0 fully saturated rings. The molecular formula is C26H31FN6O. The van der Waals surface area contributed by atoms with Crippen LogP contribution in [-0.2, 0) is 12.0 Å². The van der Waals surface area contributed by atoms with E-state index in [4.69, 9.17) is 0 Å². The molecule has 0 bridgehead atoms. The van der Waals surface area contributed by atoms with Gasteiger partial charge in [-0.15, -0.1) is 0 Å². The zero-order valence-corrected chi connectivity index (χ0v) is 20.2. The standard InChI is InChI=1S/C26H31FN6O/c1-15(2)30-24(34)20-14-28-25(33-23(20)31-18-7-9-22(27)16(3)12-18)32-19-6-8-21-17(13-19)10-11-29-26(21,4)5/h6-9,12-15,29H,10-11H2,1-5H3,(H,30,34)(H2,28,31,32,33). The maximum absolute atomic E-state index is 13.7. The molecule has 0 saturated carbocycles. The molecule has 1 aromatic heterocycles. The third-order valence-corrected chi connectivity index (χ3v) is 5.87. The van der Waals surface area contributed by atoms with E-state index in [2.05, 4.69) is 57.2 Å². The maximum Gasteiger partial charge on any atom is 0.256 e. The largest absolute Gasteiger partial charge is 0.350 e. The number of hydrogen-bond acceptors (Lipinski definition) is 6. The van der Waals surface area contributed by atoms with E-state index in [-0.39, 0.29) is 23.3 Å². The minimum atomic E-state index is -0.292. The van der Waals surface area contributed by atoms with Gasteiger partial charge in [0, 0.05) is 29.2 Å². The monoisotopic (exact) mass is 462 g/mol. The van der Waals surface area contributed by atoms with Crippen molar-refractivity contribution in [2.45, 2.75) is 52.6 Å². The third-order valence-electron chi connectivity index (χ3n) is 5.87. The lowest BCUT2D eigenvalue weighted by Gasteiger charge is -2.34. The minimum absolute atomic E-state index is 0.0412. The van der Waals surface area contributed by atoms with Crippen LogP contribution >= 0.6 is 0 Å². The quantitative estimate of drug-likeness (QED) is 0.415. The van der Waals surface area contributed by atoms with E-state index in [1.54, 1.807) is 19.1 Å². The smallest absolute Gasteiger partial charge is 0.256 e. The molecule has 2 heterocycles. The lowest BCUT2D eigenvalue weighted by Crippen LogP contribution is -2.42. The second-order valence-electron chi connectivity index (χ2n) is 9.47. The highest BCUT2D eigenvalue weighted by Gasteiger charge is 2.26. The molecule has 1 aliphatic rings. The fourth-order valence-electron chi connectivity index (χ4n) is 4.12. The molecule has 7 nitrogen and oxygen atoms in total. The number of hydrogen-bond donors (Lipinski definition) is 4. The molecule has 0 radical (unpaired) electrons. The second kappa shape index (κ2) is 9.38. The number of rotatable bonds is 6. The van der Waals surface area contributed by atoms with E-state index >= 15 is 0 Å². The topological polar surface area (TPSA) is 91.0 Å². The third kappa shape index (κ3) is 5.17. The first-order chi connectivity index (χ1) is 16.1. The lowest BCUT2D eigenvalue weighted by atomic mass is 9.85. The SMILES string of the molecule is Cc1cc(Nc2nc(Nc3ccc4c(c3)CCNC4(C)C)ncc2C(=O)NC(C)C)ccc1F. The van der Waals surface area contributed by atoms with Crippen LogP contribution in [0, 0.1) is 12.7 Å². The van der Waals surface area contributed by atoms with Gasteiger partial charge >= 0.3 is 0 Å². The predicted octanol–water partition coefficient (Wildman–Crippen LogP) is 4.93. The number of nitrogens with zero attached hydrogens (tertiary/aromatic N) is 2. The normalized spacial score (nSPS) is 14.4. The summed E-state index contributed by atoms with van der Waals surface area (Å²) in [7, 11) is 0. The van der Waals surface area contributed by atoms with Gasteiger partial charge in [-0.1, -0.05) is 6.07 Å². The fourth-order valence-corrected chi connectivity index (χ4v) is 4.12. The Labute approximate surface area is 199 Å². The number of amides is 1. The average molecular weight is 463 g/mol. The molecule has 2 aromatic carbocycles. The zero-order valence-electron chi connectivity index (χ0n) is 20.2. The number of carbonyl (C=O) groups excluding carboxylic acids is 1. The van der Waals surface area contributed by atoms with Gasteiger partial charge in [0.1, 0.15) is 17.2 Å². The van der Waals surface area contributed by atoms with Gasteiger partial charge in [-0.3, -0.25) is 4.79 Å². The van der Waals surface area contributed by atoms with Crippen LogP contribution in [0.1, 0.15) is 54.7 Å². The summed E-state index contributed by atoms with van der Waals surface area (Å²) in [5.41, 5.74) is 4.79. The maximum atomic E-state index is 13.7. The van der Waals surface area contributed by atoms with E-state index in [0.29, 0.717) is 28.6 Å². The number of nitrogens with one attached hydrogen (secondary N) is 4. The number of carbonyl (C=O) groups is 1. The van der Waals surface area contributed by atoms with Crippen molar-refractivity contribution in [1.29, 1.82) is 0 Å². The molecular weight excluding hydrogens is 431 g/mol. The first-order valence-electron chi connectivity index (χ1n) is 11.5. The van der Waals surface area contributed by atoms with E-state index in [0.717, 1.165) is 18.7 Å². The Morgan fingerprint density at radius 3 is 2.59 bits per heavy atom. The van der Waals surface area contributed by atoms with E-state index in [9.17, 15) is 9.18 Å². The van der Waals surface area contributed by atoms with Crippen molar-refractivity contribution in [2.75, 3.05) is 17.2 Å². The lowest BCUT2D eigenvalue weighted by molar-refractivity contribution is 0.0943. The number of benzene rings is 2. The second-order valence-corrected chi connectivity index (χ2v) is 9.47. The molecule has 4 rings (SSSR count). The van der Waals surface area contributed by atoms with Crippen LogP contribution in [0.15, 0.2) is 42.6 Å². The fraction of sp³-hybridized carbons (Fsp3) is 0.346. The molecule has 4 N–H and O–H groups in total. The minimum Gasteiger partial charge on any atom is -0.350 e. The Bertz CT molecular complexity index is 1220. The van der Waals surface area contributed by atoms with Crippen LogP contribution in [0.2, 0.25) is 0 Å². The van der Waals surface area contributed by atoms with Gasteiger partial charge in [0.25, 0.3) is 5.91 Å². The molecule has 0 saturated heterocycles. The molecule has 0 unspecified atom stereocenters. The highest BCUT2D eigenvalue weighted by molar-refractivity contribution is 5.99. The Morgan fingerprint density at radius 2 is 1.85 bits per heavy atom. The van der Waals surface area contributed by atoms with Gasteiger partial charge in [-0.2, -0.15) is 4.98 Å². The summed E-state index contributed by atoms with van der Waals surface area (Å²) in [6.45, 7) is 10.7. The van der Waals surface area contributed by atoms with Crippen LogP contribution in [-0.4, -0.2) is 28.5 Å². The summed E-state index contributed by atoms with van der Waals surface area (Å²) in [5, 5.41) is 12.8. The summed E-state index contributed by atoms with van der Waals surface area (Å²) >= 11 is 0. The average Bonchev–Trinajstić information content (AvgIpc) is 2.75. The van der Waals surface area contributed by atoms with Crippen LogP contribution in [0.5, 0.6) is 0 Å². The van der Waals surface area contributed by atoms with Gasteiger partial charge in [0.05, 0.1) is 0 Å². The van der Waals surface area contributed by atoms with Gasteiger partial charge in [-0.05, 0) is 94.6 Å². The van der Waals surface area contributed by atoms with Crippen molar-refractivity contribution in [3.05, 3.63) is 70.7 Å². The highest BCUT2D eigenvalue weighted by Crippen LogP contribution is 2.31. The Hall–Kier alpha value is -3.52. The molecule has 0 spiro atoms. The van der Waals surface area contributed by atoms with Crippen molar-refractivity contribution in [3.63, 3.8) is 0 Å². The number of aromatic nitrogens is 2. The van der Waals surface area contributed by atoms with Crippen LogP contribution < -0.4 is 21.3 Å². The van der Waals surface area contributed by atoms with Crippen molar-refractivity contribution < 1.29 is 9.18 Å². The van der Waals surface area contributed by atoms with Gasteiger partial charge in [0.2, 0.25) is 5.95 Å². The Balaban J connectivity index is 1.65. The molecule has 0 aliphatic carbocycles. The van der Waals surface area contributed by atoms with Crippen LogP contribution in [0.3, 0.4) is 0 Å². The summed E-state index contributed by atoms with van der Waals surface area (Å²) in [6, 6.07) is 10.9. The van der Waals surface area contributed by atoms with Crippen molar-refractivity contribution >= 4 is 29.0 Å². The molecule has 178 valence electrons. The predicted molar refractivity (Wildman–Crippen MR) is 134 cm³/mol. The summed E-state index contributed by atoms with van der Waals surface area (Å²) in [6.07, 6.45) is 2.44. The molecule has 1 amide bonds. The first-order valence-corrected chi connectivity index (χ1v) is 11.5.